The number of carbonyl (C=O) groups excluding carboxylic acids is 2. The fourth-order valence-corrected chi connectivity index (χ4v) is 2.33. The second-order valence-electron chi connectivity index (χ2n) is 4.35. The number of para-hydroxylation sites is 1. The van der Waals surface area contributed by atoms with E-state index in [0.717, 1.165) is 4.90 Å². The number of hydrogen-bond acceptors (Lipinski definition) is 4. The molecule has 8 heteroatoms. The number of aliphatic imine (C=N–C) groups is 1. The molecule has 3 amide bonds. The summed E-state index contributed by atoms with van der Waals surface area (Å²) in [5, 5.41) is 3.16. The highest BCUT2D eigenvalue weighted by molar-refractivity contribution is 6.55. The zero-order valence-corrected chi connectivity index (χ0v) is 13.0. The Balaban J connectivity index is 2.42. The third-order valence-electron chi connectivity index (χ3n) is 3.04. The van der Waals surface area contributed by atoms with Crippen molar-refractivity contribution in [3.05, 3.63) is 29.3 Å². The number of alkyl halides is 1. The van der Waals surface area contributed by atoms with Crippen molar-refractivity contribution in [2.45, 2.75) is 6.17 Å². The van der Waals surface area contributed by atoms with E-state index in [1.807, 2.05) is 0 Å². The lowest BCUT2D eigenvalue weighted by Crippen LogP contribution is -2.32. The summed E-state index contributed by atoms with van der Waals surface area (Å²) in [6.07, 6.45) is -0.452. The Labute approximate surface area is 132 Å². The molecule has 1 atom stereocenters. The van der Waals surface area contributed by atoms with Gasteiger partial charge in [-0.25, -0.2) is 14.7 Å². The minimum Gasteiger partial charge on any atom is -0.298 e. The van der Waals surface area contributed by atoms with Crippen LogP contribution in [0.5, 0.6) is 0 Å². The quantitative estimate of drug-likeness (QED) is 0.678. The van der Waals surface area contributed by atoms with Crippen LogP contribution < -0.4 is 10.2 Å². The molecule has 0 spiro atoms. The average molecular weight is 329 g/mol. The molecule has 0 bridgehead atoms. The van der Waals surface area contributed by atoms with E-state index in [4.69, 9.17) is 23.2 Å². The number of hydrogen-bond donors (Lipinski definition) is 1. The first kappa shape index (κ1) is 15.8. The Bertz CT molecular complexity index is 602. The highest BCUT2D eigenvalue weighted by atomic mass is 35.5. The number of benzene rings is 1. The average Bonchev–Trinajstić information content (AvgIpc) is 2.69. The number of rotatable bonds is 4. The van der Waals surface area contributed by atoms with Crippen molar-refractivity contribution in [3.63, 3.8) is 0 Å². The molecule has 1 aromatic carbocycles. The van der Waals surface area contributed by atoms with Gasteiger partial charge in [0.25, 0.3) is 0 Å². The van der Waals surface area contributed by atoms with Gasteiger partial charge in [0.05, 0.1) is 16.6 Å². The number of urea groups is 1. The van der Waals surface area contributed by atoms with Gasteiger partial charge in [-0.3, -0.25) is 15.0 Å². The first-order valence-corrected chi connectivity index (χ1v) is 7.10. The van der Waals surface area contributed by atoms with E-state index in [-0.39, 0.29) is 11.7 Å². The van der Waals surface area contributed by atoms with Gasteiger partial charge in [-0.15, -0.1) is 11.6 Å². The maximum atomic E-state index is 12.4. The Morgan fingerprint density at radius 1 is 1.33 bits per heavy atom. The van der Waals surface area contributed by atoms with E-state index in [2.05, 4.69) is 10.3 Å². The number of imide groups is 1. The van der Waals surface area contributed by atoms with Gasteiger partial charge < -0.3 is 0 Å². The topological polar surface area (TPSA) is 65.0 Å². The van der Waals surface area contributed by atoms with Crippen molar-refractivity contribution in [1.82, 2.24) is 10.2 Å². The molecule has 1 heterocycles. The first-order valence-electron chi connectivity index (χ1n) is 6.19. The first-order chi connectivity index (χ1) is 10.0. The molecule has 6 nitrogen and oxygen atoms in total. The molecule has 0 aliphatic carbocycles. The monoisotopic (exact) mass is 328 g/mol. The van der Waals surface area contributed by atoms with Gasteiger partial charge in [0.15, 0.2) is 0 Å². The minimum atomic E-state index is -0.527. The smallest absolute Gasteiger partial charge is 0.298 e. The molecular weight excluding hydrogens is 315 g/mol. The number of nitrogens with one attached hydrogen (secondary N) is 1. The molecule has 21 heavy (non-hydrogen) atoms. The largest absolute Gasteiger partial charge is 0.337 e. The van der Waals surface area contributed by atoms with Crippen molar-refractivity contribution in [2.75, 3.05) is 24.9 Å². The summed E-state index contributed by atoms with van der Waals surface area (Å²) in [6, 6.07) is 6.14. The summed E-state index contributed by atoms with van der Waals surface area (Å²) in [7, 11) is 3.15. The molecule has 1 fully saturated rings. The fourth-order valence-electron chi connectivity index (χ4n) is 1.88. The molecule has 2 rings (SSSR count). The van der Waals surface area contributed by atoms with Crippen molar-refractivity contribution in [3.8, 4) is 0 Å². The molecule has 1 N–H and O–H groups in total. The van der Waals surface area contributed by atoms with Gasteiger partial charge in [0.2, 0.25) is 5.84 Å². The Hall–Kier alpha value is -1.63. The number of nitrogens with zero attached hydrogens (tertiary/aromatic N) is 3. The van der Waals surface area contributed by atoms with E-state index < -0.39 is 18.1 Å². The van der Waals surface area contributed by atoms with Crippen molar-refractivity contribution in [2.24, 2.45) is 4.99 Å². The maximum Gasteiger partial charge on any atom is 0.337 e. The molecule has 1 unspecified atom stereocenters. The van der Waals surface area contributed by atoms with E-state index in [0.29, 0.717) is 10.7 Å². The minimum absolute atomic E-state index is 0.0277. The van der Waals surface area contributed by atoms with Crippen LogP contribution in [0.1, 0.15) is 0 Å². The van der Waals surface area contributed by atoms with Gasteiger partial charge in [0, 0.05) is 7.05 Å². The molecule has 1 saturated heterocycles. The Morgan fingerprint density at radius 2 is 2.00 bits per heavy atom. The van der Waals surface area contributed by atoms with Crippen LogP contribution in [0.4, 0.5) is 10.5 Å². The summed E-state index contributed by atoms with van der Waals surface area (Å²) in [6.45, 7) is 0. The lowest BCUT2D eigenvalue weighted by molar-refractivity contribution is -0.111. The molecular formula is C13H14Cl2N4O2. The number of amides is 3. The summed E-state index contributed by atoms with van der Waals surface area (Å²) >= 11 is 11.8. The second kappa shape index (κ2) is 6.43. The van der Waals surface area contributed by atoms with Crippen LogP contribution in [0, 0.1) is 0 Å². The van der Waals surface area contributed by atoms with Crippen molar-refractivity contribution in [1.29, 1.82) is 0 Å². The molecule has 1 aromatic rings. The van der Waals surface area contributed by atoms with Crippen LogP contribution in [-0.2, 0) is 4.79 Å². The van der Waals surface area contributed by atoms with Crippen molar-refractivity contribution >= 4 is 46.7 Å². The standard InChI is InChI=1S/C13H14Cl2N4O2/c1-16-10(7-14)17-11-12(20)19(13(21)18(11)2)9-6-4-3-5-8(9)15/h3-6,10,16H,7H2,1-2H3/b17-11+. The predicted octanol–water partition coefficient (Wildman–Crippen LogP) is 1.92. The summed E-state index contributed by atoms with van der Waals surface area (Å²) < 4.78 is 0. The van der Waals surface area contributed by atoms with Crippen LogP contribution in [-0.4, -0.2) is 48.8 Å². The van der Waals surface area contributed by atoms with Crippen LogP contribution >= 0.6 is 23.2 Å². The Kier molecular flexibility index (Phi) is 4.82. The van der Waals surface area contributed by atoms with Gasteiger partial charge >= 0.3 is 11.9 Å². The number of likely N-dealkylation sites (N-methyl/N-ethyl adjacent to an activating group) is 1. The van der Waals surface area contributed by atoms with Crippen molar-refractivity contribution < 1.29 is 9.59 Å². The maximum absolute atomic E-state index is 12.4. The lowest BCUT2D eigenvalue weighted by Gasteiger charge is -2.14. The third kappa shape index (κ3) is 2.88. The summed E-state index contributed by atoms with van der Waals surface area (Å²) in [4.78, 5) is 31.1. The normalized spacial score (nSPS) is 18.8. The number of halogens is 2. The summed E-state index contributed by atoms with van der Waals surface area (Å²) in [5.74, 6) is -0.317. The van der Waals surface area contributed by atoms with E-state index in [1.54, 1.807) is 31.3 Å². The van der Waals surface area contributed by atoms with Gasteiger partial charge in [-0.2, -0.15) is 0 Å². The molecule has 0 saturated carbocycles. The van der Waals surface area contributed by atoms with Crippen LogP contribution in [0.15, 0.2) is 29.3 Å². The Morgan fingerprint density at radius 3 is 2.57 bits per heavy atom. The second-order valence-corrected chi connectivity index (χ2v) is 5.06. The fraction of sp³-hybridized carbons (Fsp3) is 0.308. The highest BCUT2D eigenvalue weighted by Crippen LogP contribution is 2.29. The van der Waals surface area contributed by atoms with Crippen LogP contribution in [0.3, 0.4) is 0 Å². The lowest BCUT2D eigenvalue weighted by atomic mass is 10.3. The molecule has 1 aliphatic heterocycles. The molecule has 112 valence electrons. The van der Waals surface area contributed by atoms with E-state index in [9.17, 15) is 9.59 Å². The molecule has 0 radical (unpaired) electrons. The van der Waals surface area contributed by atoms with Gasteiger partial charge in [-0.05, 0) is 19.2 Å². The molecule has 1 aliphatic rings. The summed E-state index contributed by atoms with van der Waals surface area (Å²) in [5.41, 5.74) is 0.332. The van der Waals surface area contributed by atoms with E-state index >= 15 is 0 Å². The van der Waals surface area contributed by atoms with Gasteiger partial charge in [-0.1, -0.05) is 23.7 Å². The van der Waals surface area contributed by atoms with Crippen LogP contribution in [0.2, 0.25) is 5.02 Å². The van der Waals surface area contributed by atoms with E-state index in [1.165, 1.54) is 11.9 Å². The predicted molar refractivity (Wildman–Crippen MR) is 83.1 cm³/mol. The SMILES string of the molecule is CNC(CCl)/N=C1\C(=O)N(c2ccccc2Cl)C(=O)N1C. The zero-order valence-electron chi connectivity index (χ0n) is 11.5. The zero-order chi connectivity index (χ0) is 15.6. The number of carbonyl (C=O) groups is 2. The number of amidine groups is 1. The highest BCUT2D eigenvalue weighted by Gasteiger charge is 2.42. The molecule has 0 aromatic heterocycles. The third-order valence-corrected chi connectivity index (χ3v) is 3.65. The van der Waals surface area contributed by atoms with Crippen LogP contribution in [0.25, 0.3) is 0 Å². The number of anilines is 1. The van der Waals surface area contributed by atoms with Gasteiger partial charge in [0.1, 0.15) is 6.17 Å².